The van der Waals surface area contributed by atoms with Crippen molar-refractivity contribution in [1.82, 2.24) is 10.2 Å². The standard InChI is InChI=1S/C23H27Cl4N3O4S/c1-4-5-8-28-23(32)15(2)29(13-16-6-7-20(26)21(27)9-16)22(31)14-30(35(3,33)34)19-11-17(24)10-18(25)12-19/h6-7,9-12,15H,4-5,8,13-14H2,1-3H3,(H,28,32)/t15-/m1/s1. The second-order valence-corrected chi connectivity index (χ2v) is 11.6. The van der Waals surface area contributed by atoms with Crippen LogP contribution in [0.25, 0.3) is 0 Å². The Balaban J connectivity index is 2.40. The van der Waals surface area contributed by atoms with E-state index in [0.29, 0.717) is 22.2 Å². The van der Waals surface area contributed by atoms with Gasteiger partial charge in [-0.1, -0.05) is 65.8 Å². The van der Waals surface area contributed by atoms with E-state index in [4.69, 9.17) is 46.4 Å². The average Bonchev–Trinajstić information content (AvgIpc) is 2.76. The molecule has 192 valence electrons. The number of halogens is 4. The lowest BCUT2D eigenvalue weighted by Crippen LogP contribution is -2.51. The lowest BCUT2D eigenvalue weighted by Gasteiger charge is -2.31. The number of amides is 2. The summed E-state index contributed by atoms with van der Waals surface area (Å²) in [5, 5.41) is 3.88. The maximum absolute atomic E-state index is 13.5. The number of anilines is 1. The molecule has 0 aliphatic carbocycles. The summed E-state index contributed by atoms with van der Waals surface area (Å²) in [6.45, 7) is 3.48. The van der Waals surface area contributed by atoms with Gasteiger partial charge in [-0.15, -0.1) is 0 Å². The van der Waals surface area contributed by atoms with Crippen LogP contribution in [-0.4, -0.2) is 50.5 Å². The number of hydrogen-bond donors (Lipinski definition) is 1. The van der Waals surface area contributed by atoms with Crippen molar-refractivity contribution in [2.45, 2.75) is 39.3 Å². The second kappa shape index (κ2) is 13.0. The SMILES string of the molecule is CCCCNC(=O)[C@@H](C)N(Cc1ccc(Cl)c(Cl)c1)C(=O)CN(c1cc(Cl)cc(Cl)c1)S(C)(=O)=O. The molecule has 0 fully saturated rings. The number of sulfonamides is 1. The molecular weight excluding hydrogens is 556 g/mol. The molecule has 0 spiro atoms. The Morgan fingerprint density at radius 3 is 2.17 bits per heavy atom. The molecule has 2 amide bonds. The summed E-state index contributed by atoms with van der Waals surface area (Å²) in [6.07, 6.45) is 2.65. The largest absolute Gasteiger partial charge is 0.354 e. The molecule has 2 aromatic carbocycles. The van der Waals surface area contributed by atoms with Crippen LogP contribution in [0.3, 0.4) is 0 Å². The van der Waals surface area contributed by atoms with Crippen LogP contribution in [0.5, 0.6) is 0 Å². The molecule has 0 saturated carbocycles. The van der Waals surface area contributed by atoms with Crippen LogP contribution in [0, 0.1) is 0 Å². The summed E-state index contributed by atoms with van der Waals surface area (Å²) < 4.78 is 26.1. The number of nitrogens with zero attached hydrogens (tertiary/aromatic N) is 2. The van der Waals surface area contributed by atoms with Gasteiger partial charge in [-0.05, 0) is 49.2 Å². The lowest BCUT2D eigenvalue weighted by atomic mass is 10.1. The van der Waals surface area contributed by atoms with Crippen molar-refractivity contribution >= 4 is 73.9 Å². The van der Waals surface area contributed by atoms with Crippen molar-refractivity contribution in [2.75, 3.05) is 23.7 Å². The van der Waals surface area contributed by atoms with Crippen LogP contribution in [0.2, 0.25) is 20.1 Å². The zero-order chi connectivity index (χ0) is 26.3. The highest BCUT2D eigenvalue weighted by Gasteiger charge is 2.30. The maximum atomic E-state index is 13.5. The van der Waals surface area contributed by atoms with Gasteiger partial charge in [-0.25, -0.2) is 8.42 Å². The van der Waals surface area contributed by atoms with Crippen LogP contribution in [-0.2, 0) is 26.2 Å². The van der Waals surface area contributed by atoms with Gasteiger partial charge in [0.1, 0.15) is 12.6 Å². The Labute approximate surface area is 226 Å². The van der Waals surface area contributed by atoms with Crippen molar-refractivity contribution in [3.8, 4) is 0 Å². The van der Waals surface area contributed by atoms with E-state index in [1.165, 1.54) is 23.1 Å². The quantitative estimate of drug-likeness (QED) is 0.359. The van der Waals surface area contributed by atoms with E-state index in [0.717, 1.165) is 23.4 Å². The maximum Gasteiger partial charge on any atom is 0.244 e. The fourth-order valence-corrected chi connectivity index (χ4v) is 4.92. The first-order valence-corrected chi connectivity index (χ1v) is 14.1. The van der Waals surface area contributed by atoms with Crippen LogP contribution in [0.1, 0.15) is 32.3 Å². The number of carbonyl (C=O) groups is 2. The summed E-state index contributed by atoms with van der Waals surface area (Å²) in [4.78, 5) is 27.6. The molecule has 0 bridgehead atoms. The minimum atomic E-state index is -3.90. The predicted octanol–water partition coefficient (Wildman–Crippen LogP) is 5.40. The van der Waals surface area contributed by atoms with Crippen molar-refractivity contribution in [2.24, 2.45) is 0 Å². The lowest BCUT2D eigenvalue weighted by molar-refractivity contribution is -0.139. The number of nitrogens with one attached hydrogen (secondary N) is 1. The Morgan fingerprint density at radius 1 is 1.00 bits per heavy atom. The molecule has 12 heteroatoms. The predicted molar refractivity (Wildman–Crippen MR) is 143 cm³/mol. The van der Waals surface area contributed by atoms with Gasteiger partial charge in [0.25, 0.3) is 0 Å². The molecule has 7 nitrogen and oxygen atoms in total. The Hall–Kier alpha value is -1.71. The molecule has 0 heterocycles. The third kappa shape index (κ3) is 8.72. The molecule has 0 aliphatic rings. The summed E-state index contributed by atoms with van der Waals surface area (Å²) in [5.41, 5.74) is 0.755. The van der Waals surface area contributed by atoms with Crippen LogP contribution in [0.15, 0.2) is 36.4 Å². The molecule has 2 aromatic rings. The highest BCUT2D eigenvalue weighted by atomic mass is 35.5. The van der Waals surface area contributed by atoms with Crippen LogP contribution < -0.4 is 9.62 Å². The molecule has 0 aromatic heterocycles. The van der Waals surface area contributed by atoms with Gasteiger partial charge in [0, 0.05) is 23.1 Å². The smallest absolute Gasteiger partial charge is 0.244 e. The summed E-state index contributed by atoms with van der Waals surface area (Å²) in [5.74, 6) is -0.959. The fourth-order valence-electron chi connectivity index (χ4n) is 3.25. The highest BCUT2D eigenvalue weighted by Crippen LogP contribution is 2.28. The van der Waals surface area contributed by atoms with Gasteiger partial charge < -0.3 is 10.2 Å². The van der Waals surface area contributed by atoms with Gasteiger partial charge in [-0.3, -0.25) is 13.9 Å². The first-order chi connectivity index (χ1) is 16.3. The third-order valence-electron chi connectivity index (χ3n) is 5.15. The zero-order valence-electron chi connectivity index (χ0n) is 19.5. The Morgan fingerprint density at radius 2 is 1.63 bits per heavy atom. The van der Waals surface area contributed by atoms with Crippen molar-refractivity contribution < 1.29 is 18.0 Å². The third-order valence-corrected chi connectivity index (χ3v) is 7.46. The number of benzene rings is 2. The Bertz CT molecular complexity index is 1160. The first kappa shape index (κ1) is 29.5. The molecule has 2 rings (SSSR count). The summed E-state index contributed by atoms with van der Waals surface area (Å²) in [7, 11) is -3.90. The van der Waals surface area contributed by atoms with Gasteiger partial charge in [0.05, 0.1) is 22.0 Å². The normalized spacial score (nSPS) is 12.2. The van der Waals surface area contributed by atoms with Crippen molar-refractivity contribution in [1.29, 1.82) is 0 Å². The second-order valence-electron chi connectivity index (χ2n) is 7.99. The summed E-state index contributed by atoms with van der Waals surface area (Å²) >= 11 is 24.2. The van der Waals surface area contributed by atoms with Gasteiger partial charge in [0.15, 0.2) is 0 Å². The summed E-state index contributed by atoms with van der Waals surface area (Å²) in [6, 6.07) is 8.22. The van der Waals surface area contributed by atoms with E-state index in [1.54, 1.807) is 25.1 Å². The molecule has 0 saturated heterocycles. The molecule has 0 unspecified atom stereocenters. The molecular formula is C23H27Cl4N3O4S. The van der Waals surface area contributed by atoms with Gasteiger partial charge in [0.2, 0.25) is 21.8 Å². The van der Waals surface area contributed by atoms with Gasteiger partial charge in [-0.2, -0.15) is 0 Å². The van der Waals surface area contributed by atoms with Crippen molar-refractivity contribution in [3.63, 3.8) is 0 Å². The molecule has 1 atom stereocenters. The topological polar surface area (TPSA) is 86.8 Å². The molecule has 35 heavy (non-hydrogen) atoms. The van der Waals surface area contributed by atoms with Crippen LogP contribution >= 0.6 is 46.4 Å². The molecule has 0 radical (unpaired) electrons. The van der Waals surface area contributed by atoms with E-state index in [2.05, 4.69) is 5.32 Å². The number of unbranched alkanes of at least 4 members (excludes halogenated alkanes) is 1. The first-order valence-electron chi connectivity index (χ1n) is 10.8. The zero-order valence-corrected chi connectivity index (χ0v) is 23.4. The minimum Gasteiger partial charge on any atom is -0.354 e. The van der Waals surface area contributed by atoms with E-state index in [-0.39, 0.29) is 28.2 Å². The van der Waals surface area contributed by atoms with Crippen LogP contribution in [0.4, 0.5) is 5.69 Å². The molecule has 1 N–H and O–H groups in total. The minimum absolute atomic E-state index is 0.00594. The fraction of sp³-hybridized carbons (Fsp3) is 0.391. The van der Waals surface area contributed by atoms with Gasteiger partial charge >= 0.3 is 0 Å². The monoisotopic (exact) mass is 581 g/mol. The van der Waals surface area contributed by atoms with E-state index < -0.39 is 28.5 Å². The number of carbonyl (C=O) groups excluding carboxylic acids is 2. The average molecular weight is 583 g/mol. The highest BCUT2D eigenvalue weighted by molar-refractivity contribution is 7.92. The Kier molecular flexibility index (Phi) is 11.0. The number of rotatable bonds is 11. The van der Waals surface area contributed by atoms with E-state index in [1.807, 2.05) is 6.92 Å². The molecule has 0 aliphatic heterocycles. The number of hydrogen-bond acceptors (Lipinski definition) is 4. The van der Waals surface area contributed by atoms with E-state index >= 15 is 0 Å². The van der Waals surface area contributed by atoms with Crippen molar-refractivity contribution in [3.05, 3.63) is 62.1 Å². The van der Waals surface area contributed by atoms with E-state index in [9.17, 15) is 18.0 Å².